The van der Waals surface area contributed by atoms with Gasteiger partial charge in [0.05, 0.1) is 21.5 Å². The second-order valence-corrected chi connectivity index (χ2v) is 12.1. The van der Waals surface area contributed by atoms with Crippen molar-refractivity contribution in [1.29, 1.82) is 0 Å². The van der Waals surface area contributed by atoms with Crippen molar-refractivity contribution in [2.24, 2.45) is 0 Å². The molecule has 0 bridgehead atoms. The van der Waals surface area contributed by atoms with E-state index < -0.39 is 18.3 Å². The molecule has 5 rings (SSSR count). The Bertz CT molecular complexity index is 1860. The van der Waals surface area contributed by atoms with E-state index in [1.54, 1.807) is 60.7 Å². The van der Waals surface area contributed by atoms with Gasteiger partial charge < -0.3 is 25.6 Å². The number of carbonyl (C=O) groups excluding carboxylic acids is 2. The average Bonchev–Trinajstić information content (AvgIpc) is 3.05. The van der Waals surface area contributed by atoms with Gasteiger partial charge in [0.15, 0.2) is 6.10 Å². The van der Waals surface area contributed by atoms with Crippen LogP contribution in [-0.2, 0) is 9.53 Å². The number of allylic oxidation sites excluding steroid dienone is 1. The van der Waals surface area contributed by atoms with Crippen LogP contribution in [0.4, 0.5) is 21.9 Å². The molecule has 0 radical (unpaired) electrons. The smallest absolute Gasteiger partial charge is 0.412 e. The number of aromatic hydroxyl groups is 1. The van der Waals surface area contributed by atoms with Crippen molar-refractivity contribution in [3.63, 3.8) is 0 Å². The Kier molecular flexibility index (Phi) is 11.0. The Morgan fingerprint density at radius 1 is 0.848 bits per heavy atom. The highest BCUT2D eigenvalue weighted by Crippen LogP contribution is 2.40. The van der Waals surface area contributed by atoms with Crippen LogP contribution in [0.3, 0.4) is 0 Å². The van der Waals surface area contributed by atoms with Crippen LogP contribution in [0.15, 0.2) is 130 Å². The van der Waals surface area contributed by atoms with E-state index in [2.05, 4.69) is 42.5 Å². The van der Waals surface area contributed by atoms with Gasteiger partial charge in [-0.15, -0.1) is 0 Å². The maximum atomic E-state index is 13.5. The van der Waals surface area contributed by atoms with E-state index >= 15 is 0 Å². The lowest BCUT2D eigenvalue weighted by atomic mass is 9.99. The molecule has 0 saturated carbocycles. The summed E-state index contributed by atoms with van der Waals surface area (Å²) < 4.78 is 13.6. The monoisotopic (exact) mass is 743 g/mol. The molecule has 5 N–H and O–H groups in total. The number of ether oxygens (including phenoxy) is 2. The van der Waals surface area contributed by atoms with Gasteiger partial charge in [-0.2, -0.15) is 0 Å². The van der Waals surface area contributed by atoms with Crippen LogP contribution in [0.1, 0.15) is 24.5 Å². The lowest BCUT2D eigenvalue weighted by Crippen LogP contribution is -2.31. The van der Waals surface area contributed by atoms with Crippen LogP contribution in [0, 0.1) is 0 Å². The standard InChI is InChI=1S/C36H31Br2N3O5/c37-24-21-27(34(43)28(38)22-24)35(46-36(44)41-30-18-10-12-23-11-4-5-15-26(23)30)32(45-25-13-2-1-3-14-25)19-8-9-20-33(42)40-31-17-7-6-16-29(31)39/h1-7,9-18,20-22,32,35,43H,8,19,39H2,(H,40,42)(H,41,44)/b20-9+/t32-,35-/m1/s1. The van der Waals surface area contributed by atoms with Crippen LogP contribution in [0.5, 0.6) is 11.5 Å². The van der Waals surface area contributed by atoms with Gasteiger partial charge in [-0.1, -0.05) is 88.7 Å². The predicted octanol–water partition coefficient (Wildman–Crippen LogP) is 9.37. The van der Waals surface area contributed by atoms with Gasteiger partial charge in [0.25, 0.3) is 0 Å². The van der Waals surface area contributed by atoms with E-state index in [1.165, 1.54) is 6.08 Å². The highest BCUT2D eigenvalue weighted by molar-refractivity contribution is 9.11. The fourth-order valence-electron chi connectivity index (χ4n) is 4.91. The Hall–Kier alpha value is -4.80. The molecule has 46 heavy (non-hydrogen) atoms. The number of phenols is 1. The molecule has 0 aliphatic carbocycles. The molecule has 10 heteroatoms. The van der Waals surface area contributed by atoms with Gasteiger partial charge in [0, 0.05) is 15.4 Å². The van der Waals surface area contributed by atoms with Crippen LogP contribution in [0.25, 0.3) is 10.8 Å². The molecule has 0 aliphatic rings. The fourth-order valence-corrected chi connectivity index (χ4v) is 6.17. The van der Waals surface area contributed by atoms with E-state index in [0.717, 1.165) is 10.8 Å². The highest BCUT2D eigenvalue weighted by atomic mass is 79.9. The Labute approximate surface area is 283 Å². The summed E-state index contributed by atoms with van der Waals surface area (Å²) in [4.78, 5) is 26.1. The van der Waals surface area contributed by atoms with Crippen LogP contribution >= 0.6 is 31.9 Å². The summed E-state index contributed by atoms with van der Waals surface area (Å²) in [5, 5.41) is 18.6. The molecule has 0 spiro atoms. The SMILES string of the molecule is Nc1ccccc1NC(=O)/C=C/CC[C@@H](Oc1ccccc1)[C@H](OC(=O)Nc1cccc2ccccc12)c1cc(Br)cc(Br)c1O. The van der Waals surface area contributed by atoms with Crippen LogP contribution in [-0.4, -0.2) is 23.2 Å². The summed E-state index contributed by atoms with van der Waals surface area (Å²) in [5.41, 5.74) is 7.83. The Morgan fingerprint density at radius 3 is 2.35 bits per heavy atom. The summed E-state index contributed by atoms with van der Waals surface area (Å²) in [6.45, 7) is 0. The van der Waals surface area contributed by atoms with Crippen molar-refractivity contribution in [2.45, 2.75) is 25.0 Å². The molecule has 5 aromatic rings. The quantitative estimate of drug-likeness (QED) is 0.0790. The molecule has 0 aromatic heterocycles. The minimum Gasteiger partial charge on any atom is -0.506 e. The number of nitrogens with one attached hydrogen (secondary N) is 2. The summed E-state index contributed by atoms with van der Waals surface area (Å²) >= 11 is 6.89. The summed E-state index contributed by atoms with van der Waals surface area (Å²) in [6.07, 6.45) is 1.27. The maximum absolute atomic E-state index is 13.5. The van der Waals surface area contributed by atoms with Gasteiger partial charge in [0.1, 0.15) is 17.6 Å². The lowest BCUT2D eigenvalue weighted by molar-refractivity contribution is -0.111. The van der Waals surface area contributed by atoms with E-state index in [9.17, 15) is 14.7 Å². The Morgan fingerprint density at radius 2 is 1.54 bits per heavy atom. The number of phenolic OH excluding ortho intramolecular Hbond substituents is 1. The third kappa shape index (κ3) is 8.47. The largest absolute Gasteiger partial charge is 0.506 e. The second kappa shape index (κ2) is 15.5. The van der Waals surface area contributed by atoms with Crippen LogP contribution < -0.4 is 21.1 Å². The van der Waals surface area contributed by atoms with Crippen molar-refractivity contribution >= 4 is 71.7 Å². The van der Waals surface area contributed by atoms with Gasteiger partial charge in [-0.05, 0) is 82.7 Å². The number of anilines is 3. The van der Waals surface area contributed by atoms with Gasteiger partial charge in [0.2, 0.25) is 5.91 Å². The third-order valence-electron chi connectivity index (χ3n) is 7.10. The first kappa shape index (κ1) is 32.6. The number of fused-ring (bicyclic) bond motifs is 1. The van der Waals surface area contributed by atoms with Crippen molar-refractivity contribution in [3.05, 3.63) is 136 Å². The number of hydrogen-bond donors (Lipinski definition) is 4. The molecule has 5 aromatic carbocycles. The number of rotatable bonds is 11. The van der Waals surface area contributed by atoms with Gasteiger partial charge in [-0.3, -0.25) is 10.1 Å². The van der Waals surface area contributed by atoms with Crippen molar-refractivity contribution in [2.75, 3.05) is 16.4 Å². The molecule has 2 amide bonds. The first-order chi connectivity index (χ1) is 22.3. The molecule has 0 heterocycles. The molecule has 0 aliphatic heterocycles. The minimum absolute atomic E-state index is 0.0943. The number of hydrogen-bond acceptors (Lipinski definition) is 6. The van der Waals surface area contributed by atoms with E-state index in [4.69, 9.17) is 15.2 Å². The zero-order valence-electron chi connectivity index (χ0n) is 24.5. The first-order valence-corrected chi connectivity index (χ1v) is 16.0. The first-order valence-electron chi connectivity index (χ1n) is 14.5. The number of carbonyl (C=O) groups is 2. The zero-order valence-corrected chi connectivity index (χ0v) is 27.7. The number of nitrogens with two attached hydrogens (primary N) is 1. The van der Waals surface area contributed by atoms with Crippen molar-refractivity contribution < 1.29 is 24.2 Å². The molecule has 8 nitrogen and oxygen atoms in total. The lowest BCUT2D eigenvalue weighted by Gasteiger charge is -2.29. The molecule has 0 unspecified atom stereocenters. The van der Waals surface area contributed by atoms with Crippen molar-refractivity contribution in [3.8, 4) is 11.5 Å². The topological polar surface area (TPSA) is 123 Å². The van der Waals surface area contributed by atoms with E-state index in [0.29, 0.717) is 50.2 Å². The predicted molar refractivity (Wildman–Crippen MR) is 189 cm³/mol. The number of amides is 2. The summed E-state index contributed by atoms with van der Waals surface area (Å²) in [7, 11) is 0. The molecular weight excluding hydrogens is 714 g/mol. The summed E-state index contributed by atoms with van der Waals surface area (Å²) in [5.74, 6) is 0.114. The van der Waals surface area contributed by atoms with E-state index in [1.807, 2.05) is 54.6 Å². The number of nitrogen functional groups attached to an aromatic ring is 1. The zero-order chi connectivity index (χ0) is 32.5. The molecule has 0 fully saturated rings. The minimum atomic E-state index is -1.06. The molecular formula is C36H31Br2N3O5. The Balaban J connectivity index is 1.42. The normalized spacial score (nSPS) is 12.4. The third-order valence-corrected chi connectivity index (χ3v) is 8.16. The molecule has 0 saturated heterocycles. The molecule has 234 valence electrons. The fraction of sp³-hybridized carbons (Fsp3) is 0.111. The van der Waals surface area contributed by atoms with Gasteiger partial charge >= 0.3 is 6.09 Å². The highest BCUT2D eigenvalue weighted by Gasteiger charge is 2.32. The average molecular weight is 745 g/mol. The van der Waals surface area contributed by atoms with Crippen LogP contribution in [0.2, 0.25) is 0 Å². The summed E-state index contributed by atoms with van der Waals surface area (Å²) in [6, 6.07) is 32.8. The number of halogens is 2. The number of para-hydroxylation sites is 3. The second-order valence-electron chi connectivity index (χ2n) is 10.3. The molecule has 2 atom stereocenters. The maximum Gasteiger partial charge on any atom is 0.412 e. The van der Waals surface area contributed by atoms with Crippen molar-refractivity contribution in [1.82, 2.24) is 0 Å². The van der Waals surface area contributed by atoms with Gasteiger partial charge in [-0.25, -0.2) is 4.79 Å². The number of benzene rings is 5. The van der Waals surface area contributed by atoms with E-state index in [-0.39, 0.29) is 11.7 Å².